The van der Waals surface area contributed by atoms with Gasteiger partial charge in [0.05, 0.1) is 11.9 Å². The van der Waals surface area contributed by atoms with E-state index in [-0.39, 0.29) is 12.1 Å². The Bertz CT molecular complexity index is 1570. The lowest BCUT2D eigenvalue weighted by molar-refractivity contribution is 0.0240. The van der Waals surface area contributed by atoms with E-state index >= 15 is 0 Å². The number of amides is 1. The molecule has 11 heteroatoms. The highest BCUT2D eigenvalue weighted by atomic mass is 16.6. The molecular formula is C31H39N7O4. The summed E-state index contributed by atoms with van der Waals surface area (Å²) in [6.45, 7) is 9.19. The highest BCUT2D eigenvalue weighted by Crippen LogP contribution is 2.31. The van der Waals surface area contributed by atoms with E-state index in [9.17, 15) is 9.90 Å². The fourth-order valence-corrected chi connectivity index (χ4v) is 5.76. The molecule has 0 radical (unpaired) electrons. The van der Waals surface area contributed by atoms with Gasteiger partial charge in [-0.15, -0.1) is 5.10 Å². The molecular weight excluding hydrogens is 534 g/mol. The number of aliphatic hydroxyl groups is 1. The smallest absolute Gasteiger partial charge is 0.410 e. The van der Waals surface area contributed by atoms with Crippen LogP contribution in [-0.2, 0) is 4.74 Å². The molecule has 11 nitrogen and oxygen atoms in total. The van der Waals surface area contributed by atoms with Gasteiger partial charge in [-0.05, 0) is 63.5 Å². The number of hydrogen-bond acceptors (Lipinski definition) is 9. The molecule has 0 aliphatic carbocycles. The van der Waals surface area contributed by atoms with Gasteiger partial charge in [-0.1, -0.05) is 42.5 Å². The fourth-order valence-electron chi connectivity index (χ4n) is 5.76. The van der Waals surface area contributed by atoms with Gasteiger partial charge in [-0.25, -0.2) is 14.3 Å². The molecule has 4 heterocycles. The van der Waals surface area contributed by atoms with Crippen molar-refractivity contribution >= 4 is 28.3 Å². The zero-order chi connectivity index (χ0) is 29.4. The number of rotatable bonds is 6. The fraction of sp³-hybridized carbons (Fsp3) is 0.484. The van der Waals surface area contributed by atoms with Crippen molar-refractivity contribution in [2.45, 2.75) is 51.4 Å². The van der Waals surface area contributed by atoms with Gasteiger partial charge >= 0.3 is 12.1 Å². The number of benzene rings is 2. The zero-order valence-electron chi connectivity index (χ0n) is 24.7. The Labute approximate surface area is 245 Å². The number of carbonyl (C=O) groups excluding carboxylic acids is 1. The molecule has 1 N–H and O–H groups in total. The maximum absolute atomic E-state index is 12.7. The van der Waals surface area contributed by atoms with E-state index < -0.39 is 11.7 Å². The van der Waals surface area contributed by atoms with Crippen molar-refractivity contribution < 1.29 is 19.4 Å². The molecule has 42 heavy (non-hydrogen) atoms. The number of anilines is 1. The van der Waals surface area contributed by atoms with Crippen molar-refractivity contribution in [1.82, 2.24) is 29.4 Å². The quantitative estimate of drug-likeness (QED) is 0.368. The molecule has 1 unspecified atom stereocenters. The van der Waals surface area contributed by atoms with Gasteiger partial charge in [-0.3, -0.25) is 0 Å². The third-order valence-corrected chi connectivity index (χ3v) is 8.06. The van der Waals surface area contributed by atoms with Gasteiger partial charge in [-0.2, -0.15) is 4.98 Å². The van der Waals surface area contributed by atoms with E-state index in [0.717, 1.165) is 35.7 Å². The van der Waals surface area contributed by atoms with Crippen LogP contribution < -0.4 is 9.64 Å². The summed E-state index contributed by atoms with van der Waals surface area (Å²) < 4.78 is 13.4. The lowest BCUT2D eigenvalue weighted by atomic mass is 9.99. The van der Waals surface area contributed by atoms with Crippen LogP contribution in [0.15, 0.2) is 48.7 Å². The first-order chi connectivity index (χ1) is 20.2. The van der Waals surface area contributed by atoms with Crippen LogP contribution in [0.4, 0.5) is 10.6 Å². The minimum atomic E-state index is -0.966. The van der Waals surface area contributed by atoms with E-state index in [1.165, 1.54) is 0 Å². The Morgan fingerprint density at radius 2 is 1.83 bits per heavy atom. The van der Waals surface area contributed by atoms with Crippen molar-refractivity contribution in [3.05, 3.63) is 59.9 Å². The lowest BCUT2D eigenvalue weighted by Gasteiger charge is -2.36. The summed E-state index contributed by atoms with van der Waals surface area (Å²) >= 11 is 0. The van der Waals surface area contributed by atoms with E-state index in [1.54, 1.807) is 15.6 Å². The number of carbonyl (C=O) groups is 1. The van der Waals surface area contributed by atoms with Gasteiger partial charge in [0.15, 0.2) is 11.5 Å². The first-order valence-electron chi connectivity index (χ1n) is 14.7. The van der Waals surface area contributed by atoms with Crippen molar-refractivity contribution in [1.29, 1.82) is 0 Å². The van der Waals surface area contributed by atoms with Crippen LogP contribution >= 0.6 is 0 Å². The summed E-state index contributed by atoms with van der Waals surface area (Å²) in [5.41, 5.74) is 1.28. The largest absolute Gasteiger partial charge is 0.461 e. The van der Waals surface area contributed by atoms with Crippen LogP contribution in [0.2, 0.25) is 0 Å². The van der Waals surface area contributed by atoms with Crippen molar-refractivity contribution in [3.63, 3.8) is 0 Å². The van der Waals surface area contributed by atoms with Crippen LogP contribution in [0.1, 0.15) is 51.0 Å². The molecule has 0 spiro atoms. The number of aliphatic hydroxyl groups excluding tert-OH is 1. The van der Waals surface area contributed by atoms with Gasteiger partial charge in [0.1, 0.15) is 18.3 Å². The van der Waals surface area contributed by atoms with Crippen LogP contribution in [0.5, 0.6) is 6.01 Å². The predicted molar refractivity (Wildman–Crippen MR) is 160 cm³/mol. The molecule has 2 aliphatic heterocycles. The monoisotopic (exact) mass is 573 g/mol. The highest BCUT2D eigenvalue weighted by molar-refractivity contribution is 5.86. The number of fused-ring (bicyclic) bond motifs is 2. The summed E-state index contributed by atoms with van der Waals surface area (Å²) in [4.78, 5) is 28.3. The number of piperazine rings is 1. The van der Waals surface area contributed by atoms with Crippen molar-refractivity contribution in [2.24, 2.45) is 0 Å². The number of imidazole rings is 1. The summed E-state index contributed by atoms with van der Waals surface area (Å²) in [6.07, 6.45) is 2.58. The molecule has 222 valence electrons. The second-order valence-corrected chi connectivity index (χ2v) is 12.1. The maximum Gasteiger partial charge on any atom is 0.410 e. The molecule has 0 bridgehead atoms. The minimum absolute atomic E-state index is 0.233. The molecule has 1 amide bonds. The summed E-state index contributed by atoms with van der Waals surface area (Å²) in [5, 5.41) is 18.4. The lowest BCUT2D eigenvalue weighted by Crippen LogP contribution is -2.50. The number of likely N-dealkylation sites (N-methyl/N-ethyl adjacent to an activating group) is 1. The van der Waals surface area contributed by atoms with E-state index in [0.29, 0.717) is 56.0 Å². The van der Waals surface area contributed by atoms with Crippen LogP contribution in [0, 0.1) is 0 Å². The predicted octanol–water partition coefficient (Wildman–Crippen LogP) is 3.89. The van der Waals surface area contributed by atoms with Crippen LogP contribution in [0.3, 0.4) is 0 Å². The normalized spacial score (nSPS) is 19.0. The van der Waals surface area contributed by atoms with E-state index in [1.807, 2.05) is 63.2 Å². The van der Waals surface area contributed by atoms with Gasteiger partial charge in [0.25, 0.3) is 0 Å². The van der Waals surface area contributed by atoms with Gasteiger partial charge in [0.2, 0.25) is 0 Å². The zero-order valence-corrected chi connectivity index (χ0v) is 24.7. The Hall–Kier alpha value is -3.96. The molecule has 2 atom stereocenters. The molecule has 2 aromatic heterocycles. The maximum atomic E-state index is 12.7. The summed E-state index contributed by atoms with van der Waals surface area (Å²) in [5.74, 6) is 0.611. The van der Waals surface area contributed by atoms with Crippen LogP contribution in [0.25, 0.3) is 16.4 Å². The Balaban J connectivity index is 1.33. The van der Waals surface area contributed by atoms with Crippen molar-refractivity contribution in [2.75, 3.05) is 51.3 Å². The number of nitrogens with zero attached hydrogens (tertiary/aromatic N) is 7. The second-order valence-electron chi connectivity index (χ2n) is 12.1. The molecule has 0 saturated carbocycles. The second kappa shape index (κ2) is 11.4. The first-order valence-corrected chi connectivity index (χ1v) is 14.7. The number of aromatic nitrogens is 4. The summed E-state index contributed by atoms with van der Waals surface area (Å²) in [6, 6.07) is 14.4. The molecule has 2 aliphatic rings. The molecule has 2 saturated heterocycles. The number of ether oxygens (including phenoxy) is 2. The minimum Gasteiger partial charge on any atom is -0.461 e. The standard InChI is InChI=1S/C31H39N7O4/c1-31(2,3)42-30(40)37-17-15-36(16-18-37)28-27-32-19-25(26(39)24-13-7-10-21-9-5-6-12-23(21)24)38(27)34-29(33-28)41-20-22-11-8-14-35(22)4/h5-7,9-10,12-13,19,22,26,39H,8,11,14-18,20H2,1-4H3/t22-,26?/m0/s1. The van der Waals surface area contributed by atoms with Crippen molar-refractivity contribution in [3.8, 4) is 6.01 Å². The Kier molecular flexibility index (Phi) is 7.63. The molecule has 2 fully saturated rings. The van der Waals surface area contributed by atoms with E-state index in [4.69, 9.17) is 19.6 Å². The SMILES string of the molecule is CN1CCC[C@H]1COc1nc(N2CCN(C(=O)OC(C)(C)C)CC2)c2ncc(C(O)c3cccc4ccccc34)n2n1. The van der Waals surface area contributed by atoms with Crippen LogP contribution in [-0.4, -0.2) is 98.6 Å². The average Bonchev–Trinajstić information content (AvgIpc) is 3.60. The molecule has 6 rings (SSSR count). The molecule has 4 aromatic rings. The van der Waals surface area contributed by atoms with Gasteiger partial charge < -0.3 is 29.3 Å². The van der Waals surface area contributed by atoms with Gasteiger partial charge in [0, 0.05) is 32.2 Å². The topological polar surface area (TPSA) is 109 Å². The number of hydrogen-bond donors (Lipinski definition) is 1. The third kappa shape index (κ3) is 5.71. The average molecular weight is 574 g/mol. The third-order valence-electron chi connectivity index (χ3n) is 8.06. The highest BCUT2D eigenvalue weighted by Gasteiger charge is 2.30. The Morgan fingerprint density at radius 3 is 2.57 bits per heavy atom. The number of likely N-dealkylation sites (tertiary alicyclic amines) is 1. The van der Waals surface area contributed by atoms with E-state index in [2.05, 4.69) is 21.8 Å². The molecule has 2 aromatic carbocycles. The summed E-state index contributed by atoms with van der Waals surface area (Å²) in [7, 11) is 2.11. The first kappa shape index (κ1) is 28.2. The Morgan fingerprint density at radius 1 is 1.07 bits per heavy atom.